The van der Waals surface area contributed by atoms with Crippen molar-refractivity contribution < 1.29 is 31.8 Å². The molecule has 1 amide bonds. The molecule has 1 saturated heterocycles. The maximum absolute atomic E-state index is 13.9. The van der Waals surface area contributed by atoms with Crippen molar-refractivity contribution in [3.63, 3.8) is 0 Å². The molecule has 0 bridgehead atoms. The van der Waals surface area contributed by atoms with Gasteiger partial charge in [0.05, 0.1) is 37.8 Å². The van der Waals surface area contributed by atoms with Gasteiger partial charge in [-0.3, -0.25) is 9.69 Å². The van der Waals surface area contributed by atoms with E-state index in [0.717, 1.165) is 5.56 Å². The zero-order valence-corrected chi connectivity index (χ0v) is 24.5. The van der Waals surface area contributed by atoms with Crippen LogP contribution in [0.5, 0.6) is 11.5 Å². The third-order valence-corrected chi connectivity index (χ3v) is 10.3. The minimum atomic E-state index is -3.98. The monoisotopic (exact) mass is 603 g/mol. The summed E-state index contributed by atoms with van der Waals surface area (Å²) < 4.78 is 58.9. The van der Waals surface area contributed by atoms with Crippen molar-refractivity contribution >= 4 is 27.3 Å². The first-order chi connectivity index (χ1) is 19.8. The van der Waals surface area contributed by atoms with Crippen molar-refractivity contribution in [1.29, 1.82) is 0 Å². The molecule has 5 rings (SSSR count). The number of nitrogens with zero attached hydrogens (tertiary/aromatic N) is 3. The third kappa shape index (κ3) is 7.07. The molecule has 0 saturated carbocycles. The Morgan fingerprint density at radius 2 is 1.76 bits per heavy atom. The van der Waals surface area contributed by atoms with E-state index in [4.69, 9.17) is 14.2 Å². The average Bonchev–Trinajstić information content (AvgIpc) is 3.48. The molecule has 3 aromatic rings. The molecule has 0 N–H and O–H groups in total. The molecule has 220 valence electrons. The maximum atomic E-state index is 13.9. The number of carbonyl (C=O) groups is 1. The number of carbonyl (C=O) groups excluding carboxylic acids is 1. The molecule has 3 heterocycles. The summed E-state index contributed by atoms with van der Waals surface area (Å²) in [4.78, 5) is 19.0. The number of fused-ring (bicyclic) bond motifs is 1. The van der Waals surface area contributed by atoms with Crippen molar-refractivity contribution in [3.05, 3.63) is 76.2 Å². The fraction of sp³-hybridized carbons (Fsp3) is 0.414. The Kier molecular flexibility index (Phi) is 9.56. The van der Waals surface area contributed by atoms with Crippen LogP contribution in [0.3, 0.4) is 0 Å². The van der Waals surface area contributed by atoms with Gasteiger partial charge in [-0.1, -0.05) is 0 Å². The topological polar surface area (TPSA) is 88.6 Å². The quantitative estimate of drug-likeness (QED) is 0.332. The van der Waals surface area contributed by atoms with Gasteiger partial charge in [-0.25, -0.2) is 12.8 Å². The lowest BCUT2D eigenvalue weighted by molar-refractivity contribution is -0.135. The number of ether oxygens (including phenoxy) is 3. The minimum Gasteiger partial charge on any atom is -0.497 e. The number of halogens is 1. The van der Waals surface area contributed by atoms with E-state index in [1.54, 1.807) is 40.5 Å². The van der Waals surface area contributed by atoms with Crippen LogP contribution in [0.4, 0.5) is 4.39 Å². The molecule has 9 nitrogen and oxygen atoms in total. The van der Waals surface area contributed by atoms with Crippen LogP contribution in [0.15, 0.2) is 64.9 Å². The highest BCUT2D eigenvalue weighted by atomic mass is 32.2. The Bertz CT molecular complexity index is 1410. The SMILES string of the molecule is COc1ccc(S(=O)(=O)N(CCN2CCOCC2)CC(=O)N2CCc3sccc3C2COc2ccc(F)cc2)cc1. The van der Waals surface area contributed by atoms with Gasteiger partial charge in [0, 0.05) is 37.6 Å². The number of thiophene rings is 1. The summed E-state index contributed by atoms with van der Waals surface area (Å²) >= 11 is 1.63. The van der Waals surface area contributed by atoms with E-state index in [0.29, 0.717) is 57.3 Å². The number of hydrogen-bond acceptors (Lipinski definition) is 8. The molecule has 1 aromatic heterocycles. The van der Waals surface area contributed by atoms with Gasteiger partial charge >= 0.3 is 0 Å². The van der Waals surface area contributed by atoms with E-state index in [1.165, 1.54) is 40.6 Å². The summed E-state index contributed by atoms with van der Waals surface area (Å²) in [7, 11) is -2.46. The van der Waals surface area contributed by atoms with Crippen LogP contribution in [0.1, 0.15) is 16.5 Å². The molecular weight excluding hydrogens is 569 g/mol. The third-order valence-electron chi connectivity index (χ3n) is 7.41. The second kappa shape index (κ2) is 13.3. The Morgan fingerprint density at radius 1 is 1.05 bits per heavy atom. The largest absolute Gasteiger partial charge is 0.497 e. The number of hydrogen-bond donors (Lipinski definition) is 0. The van der Waals surface area contributed by atoms with Crippen LogP contribution in [0.25, 0.3) is 0 Å². The summed E-state index contributed by atoms with van der Waals surface area (Å²) in [5, 5.41) is 1.99. The highest BCUT2D eigenvalue weighted by Gasteiger charge is 2.35. The normalized spacial score (nSPS) is 17.8. The number of methoxy groups -OCH3 is 1. The lowest BCUT2D eigenvalue weighted by atomic mass is 10.0. The predicted octanol–water partition coefficient (Wildman–Crippen LogP) is 3.42. The van der Waals surface area contributed by atoms with E-state index in [9.17, 15) is 17.6 Å². The van der Waals surface area contributed by atoms with Crippen molar-refractivity contribution in [3.8, 4) is 11.5 Å². The van der Waals surface area contributed by atoms with Gasteiger partial charge in [-0.15, -0.1) is 11.3 Å². The lowest BCUT2D eigenvalue weighted by Crippen LogP contribution is -2.49. The van der Waals surface area contributed by atoms with Crippen molar-refractivity contribution in [2.45, 2.75) is 17.4 Å². The number of morpholine rings is 1. The van der Waals surface area contributed by atoms with Crippen molar-refractivity contribution in [2.75, 3.05) is 66.2 Å². The first kappa shape index (κ1) is 29.5. The first-order valence-electron chi connectivity index (χ1n) is 13.5. The van der Waals surface area contributed by atoms with Gasteiger partial charge in [-0.2, -0.15) is 4.31 Å². The van der Waals surface area contributed by atoms with Gasteiger partial charge < -0.3 is 19.1 Å². The second-order valence-electron chi connectivity index (χ2n) is 9.89. The minimum absolute atomic E-state index is 0.100. The van der Waals surface area contributed by atoms with E-state index in [2.05, 4.69) is 4.90 Å². The molecule has 1 unspecified atom stereocenters. The molecule has 2 aliphatic rings. The maximum Gasteiger partial charge on any atom is 0.243 e. The van der Waals surface area contributed by atoms with Crippen LogP contribution in [-0.2, 0) is 26.0 Å². The van der Waals surface area contributed by atoms with Crippen LogP contribution >= 0.6 is 11.3 Å². The second-order valence-corrected chi connectivity index (χ2v) is 12.8. The predicted molar refractivity (Wildman–Crippen MR) is 153 cm³/mol. The summed E-state index contributed by atoms with van der Waals surface area (Å²) in [5.41, 5.74) is 0.995. The Labute approximate surface area is 244 Å². The van der Waals surface area contributed by atoms with Gasteiger partial charge in [0.25, 0.3) is 0 Å². The summed E-state index contributed by atoms with van der Waals surface area (Å²) in [6, 6.07) is 13.5. The van der Waals surface area contributed by atoms with Gasteiger partial charge in [0.1, 0.15) is 23.9 Å². The highest BCUT2D eigenvalue weighted by Crippen LogP contribution is 2.34. The van der Waals surface area contributed by atoms with E-state index >= 15 is 0 Å². The fourth-order valence-electron chi connectivity index (χ4n) is 5.08. The summed E-state index contributed by atoms with van der Waals surface area (Å²) in [5.74, 6) is 0.384. The number of sulfonamides is 1. The van der Waals surface area contributed by atoms with Gasteiger partial charge in [0.15, 0.2) is 0 Å². The molecule has 0 radical (unpaired) electrons. The molecule has 2 aliphatic heterocycles. The van der Waals surface area contributed by atoms with E-state index in [-0.39, 0.29) is 36.3 Å². The molecule has 0 spiro atoms. The Hall–Kier alpha value is -3.03. The molecule has 1 fully saturated rings. The molecule has 2 aromatic carbocycles. The number of benzene rings is 2. The smallest absolute Gasteiger partial charge is 0.243 e. The zero-order chi connectivity index (χ0) is 28.8. The van der Waals surface area contributed by atoms with E-state index < -0.39 is 16.1 Å². The average molecular weight is 604 g/mol. The van der Waals surface area contributed by atoms with Crippen molar-refractivity contribution in [2.24, 2.45) is 0 Å². The molecule has 1 atom stereocenters. The Balaban J connectivity index is 1.36. The van der Waals surface area contributed by atoms with Gasteiger partial charge in [0.2, 0.25) is 15.9 Å². The van der Waals surface area contributed by atoms with E-state index in [1.807, 2.05) is 11.4 Å². The molecule has 12 heteroatoms. The first-order valence-corrected chi connectivity index (χ1v) is 15.9. The molecule has 41 heavy (non-hydrogen) atoms. The highest BCUT2D eigenvalue weighted by molar-refractivity contribution is 7.89. The van der Waals surface area contributed by atoms with Crippen molar-refractivity contribution in [1.82, 2.24) is 14.1 Å². The van der Waals surface area contributed by atoms with Crippen LogP contribution in [0, 0.1) is 5.82 Å². The van der Waals surface area contributed by atoms with Crippen LogP contribution in [0.2, 0.25) is 0 Å². The molecule has 0 aliphatic carbocycles. The molecular formula is C29H34FN3O6S2. The Morgan fingerprint density at radius 3 is 2.46 bits per heavy atom. The zero-order valence-electron chi connectivity index (χ0n) is 22.9. The standard InChI is InChI=1S/C29H34FN3O6S2/c1-37-23-6-8-25(9-7-23)41(35,36)32(14-13-31-15-17-38-18-16-31)20-29(34)33-12-10-28-26(11-19-40-28)27(33)21-39-24-4-2-22(30)3-5-24/h2-9,11,19,27H,10,12-18,20-21H2,1H3. The van der Waals surface area contributed by atoms with Crippen LogP contribution < -0.4 is 9.47 Å². The van der Waals surface area contributed by atoms with Crippen LogP contribution in [-0.4, -0.2) is 94.6 Å². The summed E-state index contributed by atoms with van der Waals surface area (Å²) in [6.07, 6.45) is 0.685. The van der Waals surface area contributed by atoms with Gasteiger partial charge in [-0.05, 0) is 72.0 Å². The fourth-order valence-corrected chi connectivity index (χ4v) is 7.39. The lowest BCUT2D eigenvalue weighted by Gasteiger charge is -2.37. The summed E-state index contributed by atoms with van der Waals surface area (Å²) in [6.45, 7) is 3.56. The number of rotatable bonds is 11. The number of amides is 1.